The second kappa shape index (κ2) is 11.0. The van der Waals surface area contributed by atoms with Crippen molar-refractivity contribution in [1.29, 1.82) is 0 Å². The van der Waals surface area contributed by atoms with Gasteiger partial charge < -0.3 is 19.4 Å². The molecule has 0 radical (unpaired) electrons. The number of likely N-dealkylation sites (N-methyl/N-ethyl adjacent to an activating group) is 1. The smallest absolute Gasteiger partial charge is 0.291 e. The predicted molar refractivity (Wildman–Crippen MR) is 124 cm³/mol. The summed E-state index contributed by atoms with van der Waals surface area (Å²) < 4.78 is 36.4. The van der Waals surface area contributed by atoms with E-state index in [1.165, 1.54) is 24.3 Å². The first kappa shape index (κ1) is 23.6. The van der Waals surface area contributed by atoms with Gasteiger partial charge in [0.25, 0.3) is 5.91 Å². The number of para-hydroxylation sites is 2. The summed E-state index contributed by atoms with van der Waals surface area (Å²) in [6.45, 7) is 7.36. The quantitative estimate of drug-likeness (QED) is 0.465. The molecule has 1 N–H and O–H groups in total. The fraction of sp³-hybridized carbons (Fsp3) is 0.292. The number of benzene rings is 2. The van der Waals surface area contributed by atoms with Crippen molar-refractivity contribution in [2.75, 3.05) is 31.6 Å². The molecule has 0 bridgehead atoms. The van der Waals surface area contributed by atoms with Crippen LogP contribution in [-0.4, -0.2) is 45.5 Å². The summed E-state index contributed by atoms with van der Waals surface area (Å²) in [6, 6.07) is 18.3. The molecule has 8 heteroatoms. The molecule has 0 aliphatic heterocycles. The molecule has 0 aliphatic rings. The second-order valence-corrected chi connectivity index (χ2v) is 9.15. The van der Waals surface area contributed by atoms with Crippen LogP contribution in [0.5, 0.6) is 5.75 Å². The van der Waals surface area contributed by atoms with Crippen LogP contribution in [0.15, 0.2) is 76.0 Å². The molecule has 3 aromatic rings. The molecule has 0 saturated heterocycles. The summed E-state index contributed by atoms with van der Waals surface area (Å²) >= 11 is 0. The van der Waals surface area contributed by atoms with Crippen molar-refractivity contribution in [2.45, 2.75) is 24.5 Å². The lowest BCUT2D eigenvalue weighted by Gasteiger charge is -2.19. The van der Waals surface area contributed by atoms with Gasteiger partial charge in [0.2, 0.25) is 0 Å². The molecule has 0 saturated carbocycles. The standard InChI is InChI=1S/C24H28N2O5S/c1-3-26(4-2)16-17-30-22-13-9-8-12-21(22)25-24(27)23-15-14-19(31-23)18-32(28,29)20-10-6-5-7-11-20/h5-15H,3-4,16-18H2,1-2H3,(H,25,27). The van der Waals surface area contributed by atoms with Crippen molar-refractivity contribution in [3.63, 3.8) is 0 Å². The van der Waals surface area contributed by atoms with Crippen molar-refractivity contribution in [3.05, 3.63) is 78.3 Å². The van der Waals surface area contributed by atoms with E-state index in [0.29, 0.717) is 18.0 Å². The van der Waals surface area contributed by atoms with Gasteiger partial charge in [-0.2, -0.15) is 0 Å². The maximum absolute atomic E-state index is 12.7. The van der Waals surface area contributed by atoms with Crippen LogP contribution in [0.4, 0.5) is 5.69 Å². The van der Waals surface area contributed by atoms with Crippen LogP contribution < -0.4 is 10.1 Å². The average molecular weight is 457 g/mol. The van der Waals surface area contributed by atoms with Gasteiger partial charge in [0.05, 0.1) is 10.6 Å². The van der Waals surface area contributed by atoms with Gasteiger partial charge in [0.15, 0.2) is 15.6 Å². The van der Waals surface area contributed by atoms with E-state index in [1.54, 1.807) is 36.4 Å². The number of carbonyl (C=O) groups is 1. The van der Waals surface area contributed by atoms with E-state index in [1.807, 2.05) is 6.07 Å². The average Bonchev–Trinajstić information content (AvgIpc) is 3.26. The molecule has 1 amide bonds. The zero-order valence-corrected chi connectivity index (χ0v) is 19.1. The summed E-state index contributed by atoms with van der Waals surface area (Å²) in [5, 5.41) is 2.78. The van der Waals surface area contributed by atoms with Gasteiger partial charge in [0.1, 0.15) is 23.9 Å². The number of amides is 1. The lowest BCUT2D eigenvalue weighted by molar-refractivity contribution is 0.0994. The number of rotatable bonds is 11. The number of hydrogen-bond donors (Lipinski definition) is 1. The topological polar surface area (TPSA) is 88.9 Å². The first-order valence-corrected chi connectivity index (χ1v) is 12.2. The molecule has 7 nitrogen and oxygen atoms in total. The molecule has 3 rings (SSSR count). The van der Waals surface area contributed by atoms with Gasteiger partial charge in [-0.3, -0.25) is 4.79 Å². The third-order valence-electron chi connectivity index (χ3n) is 5.01. The van der Waals surface area contributed by atoms with Crippen LogP contribution in [0.2, 0.25) is 0 Å². The SMILES string of the molecule is CCN(CC)CCOc1ccccc1NC(=O)c1ccc(CS(=O)(=O)c2ccccc2)o1. The van der Waals surface area contributed by atoms with Crippen LogP contribution in [0.25, 0.3) is 0 Å². The number of ether oxygens (including phenoxy) is 1. The molecule has 0 fully saturated rings. The molecular formula is C24H28N2O5S. The van der Waals surface area contributed by atoms with Gasteiger partial charge in [-0.25, -0.2) is 8.42 Å². The molecule has 2 aromatic carbocycles. The summed E-state index contributed by atoms with van der Waals surface area (Å²) in [5.41, 5.74) is 0.520. The Morgan fingerprint density at radius 3 is 2.38 bits per heavy atom. The Kier molecular flexibility index (Phi) is 8.08. The first-order valence-electron chi connectivity index (χ1n) is 10.5. The molecule has 170 valence electrons. The monoisotopic (exact) mass is 456 g/mol. The van der Waals surface area contributed by atoms with Gasteiger partial charge in [-0.05, 0) is 49.5 Å². The number of nitrogens with one attached hydrogen (secondary N) is 1. The summed E-state index contributed by atoms with van der Waals surface area (Å²) in [6.07, 6.45) is 0. The van der Waals surface area contributed by atoms with E-state index in [-0.39, 0.29) is 22.2 Å². The number of hydrogen-bond acceptors (Lipinski definition) is 6. The summed E-state index contributed by atoms with van der Waals surface area (Å²) in [7, 11) is -3.56. The maximum Gasteiger partial charge on any atom is 0.291 e. The minimum atomic E-state index is -3.56. The largest absolute Gasteiger partial charge is 0.490 e. The summed E-state index contributed by atoms with van der Waals surface area (Å²) in [4.78, 5) is 15.1. The Morgan fingerprint density at radius 1 is 0.969 bits per heavy atom. The molecule has 0 unspecified atom stereocenters. The fourth-order valence-corrected chi connectivity index (χ4v) is 4.45. The molecule has 0 aliphatic carbocycles. The predicted octanol–water partition coefficient (Wildman–Crippen LogP) is 4.23. The molecule has 1 aromatic heterocycles. The highest BCUT2D eigenvalue weighted by Gasteiger charge is 2.20. The minimum Gasteiger partial charge on any atom is -0.490 e. The minimum absolute atomic E-state index is 0.0289. The number of sulfone groups is 1. The van der Waals surface area contributed by atoms with Crippen LogP contribution in [0, 0.1) is 0 Å². The normalized spacial score (nSPS) is 11.5. The van der Waals surface area contributed by atoms with Gasteiger partial charge in [-0.15, -0.1) is 0 Å². The van der Waals surface area contributed by atoms with E-state index in [9.17, 15) is 13.2 Å². The highest BCUT2D eigenvalue weighted by Crippen LogP contribution is 2.25. The van der Waals surface area contributed by atoms with Crippen LogP contribution in [0.3, 0.4) is 0 Å². The number of anilines is 1. The Hall–Kier alpha value is -3.10. The van der Waals surface area contributed by atoms with Gasteiger partial charge in [0, 0.05) is 6.54 Å². The number of furan rings is 1. The van der Waals surface area contributed by atoms with Gasteiger partial charge in [-0.1, -0.05) is 44.2 Å². The zero-order chi connectivity index (χ0) is 23.0. The van der Waals surface area contributed by atoms with Crippen LogP contribution >= 0.6 is 0 Å². The zero-order valence-electron chi connectivity index (χ0n) is 18.3. The van der Waals surface area contributed by atoms with Gasteiger partial charge >= 0.3 is 0 Å². The van der Waals surface area contributed by atoms with Crippen molar-refractivity contribution in [3.8, 4) is 5.75 Å². The Morgan fingerprint density at radius 2 is 1.66 bits per heavy atom. The van der Waals surface area contributed by atoms with Crippen molar-refractivity contribution >= 4 is 21.4 Å². The summed E-state index contributed by atoms with van der Waals surface area (Å²) in [5.74, 6) is -0.0152. The van der Waals surface area contributed by atoms with E-state index in [4.69, 9.17) is 9.15 Å². The molecule has 0 atom stereocenters. The lowest BCUT2D eigenvalue weighted by atomic mass is 10.3. The van der Waals surface area contributed by atoms with Crippen molar-refractivity contribution < 1.29 is 22.4 Å². The third-order valence-corrected chi connectivity index (χ3v) is 6.67. The lowest BCUT2D eigenvalue weighted by Crippen LogP contribution is -2.28. The van der Waals surface area contributed by atoms with E-state index in [0.717, 1.165) is 19.6 Å². The van der Waals surface area contributed by atoms with Crippen LogP contribution in [-0.2, 0) is 15.6 Å². The van der Waals surface area contributed by atoms with Crippen LogP contribution in [0.1, 0.15) is 30.2 Å². The Labute approximate surface area is 188 Å². The highest BCUT2D eigenvalue weighted by atomic mass is 32.2. The molecule has 0 spiro atoms. The van der Waals surface area contributed by atoms with E-state index < -0.39 is 15.7 Å². The van der Waals surface area contributed by atoms with E-state index in [2.05, 4.69) is 24.1 Å². The number of carbonyl (C=O) groups excluding carboxylic acids is 1. The van der Waals surface area contributed by atoms with Crippen molar-refractivity contribution in [1.82, 2.24) is 4.90 Å². The highest BCUT2D eigenvalue weighted by molar-refractivity contribution is 7.90. The molecule has 32 heavy (non-hydrogen) atoms. The fourth-order valence-electron chi connectivity index (χ4n) is 3.18. The number of nitrogens with zero attached hydrogens (tertiary/aromatic N) is 1. The maximum atomic E-state index is 12.7. The van der Waals surface area contributed by atoms with Crippen molar-refractivity contribution in [2.24, 2.45) is 0 Å². The third kappa shape index (κ3) is 6.21. The Balaban J connectivity index is 1.64. The molecular weight excluding hydrogens is 428 g/mol. The second-order valence-electron chi connectivity index (χ2n) is 7.16. The Bertz CT molecular complexity index is 1120. The molecule has 1 heterocycles. The first-order chi connectivity index (χ1) is 15.4. The van der Waals surface area contributed by atoms with E-state index >= 15 is 0 Å².